The average Bonchev–Trinajstić information content (AvgIpc) is 2.81. The highest BCUT2D eigenvalue weighted by Crippen LogP contribution is 2.61. The number of hydrogen-bond donors (Lipinski definition) is 1. The molecule has 0 aromatic carbocycles. The fourth-order valence-electron chi connectivity index (χ4n) is 5.62. The fourth-order valence-corrected chi connectivity index (χ4v) is 5.62. The Morgan fingerprint density at radius 3 is 2.25 bits per heavy atom. The molecule has 1 aromatic heterocycles. The van der Waals surface area contributed by atoms with Crippen LogP contribution in [0.25, 0.3) is 0 Å². The monoisotopic (exact) mass is 275 g/mol. The number of carbonyl (C=O) groups is 1. The number of rotatable bonds is 3. The zero-order chi connectivity index (χ0) is 13.9. The van der Waals surface area contributed by atoms with Crippen LogP contribution in [0.2, 0.25) is 0 Å². The Bertz CT molecular complexity index is 525. The molecule has 1 heterocycles. The lowest BCUT2D eigenvalue weighted by molar-refractivity contribution is -0.00882. The van der Waals surface area contributed by atoms with Crippen LogP contribution in [0.5, 0.6) is 0 Å². The number of aromatic nitrogens is 1. The van der Waals surface area contributed by atoms with E-state index >= 15 is 0 Å². The summed E-state index contributed by atoms with van der Waals surface area (Å²) in [6.07, 6.45) is 8.41. The van der Waals surface area contributed by atoms with Crippen molar-refractivity contribution in [2.75, 3.05) is 0 Å². The maximum absolute atomic E-state index is 11.3. The molecule has 4 fully saturated rings. The zero-order valence-electron chi connectivity index (χ0n) is 11.9. The van der Waals surface area contributed by atoms with Crippen LogP contribution < -0.4 is 0 Å². The highest BCUT2D eigenvalue weighted by Gasteiger charge is 2.54. The molecule has 0 aliphatic heterocycles. The van der Waals surface area contributed by atoms with Gasteiger partial charge in [0.25, 0.3) is 0 Å². The van der Waals surface area contributed by atoms with Gasteiger partial charge < -0.3 is 9.63 Å². The van der Waals surface area contributed by atoms with Crippen LogP contribution in [0.4, 0.5) is 0 Å². The maximum Gasteiger partial charge on any atom is 0.375 e. The van der Waals surface area contributed by atoms with E-state index in [1.165, 1.54) is 38.5 Å². The van der Waals surface area contributed by atoms with E-state index in [0.717, 1.165) is 29.0 Å². The highest BCUT2D eigenvalue weighted by atomic mass is 16.5. The summed E-state index contributed by atoms with van der Waals surface area (Å²) in [5.74, 6) is 1.58. The van der Waals surface area contributed by atoms with E-state index in [1.807, 2.05) is 6.92 Å². The number of carboxylic acid groups (broad SMARTS) is 1. The average molecular weight is 275 g/mol. The number of aromatic carboxylic acids is 1. The van der Waals surface area contributed by atoms with Crippen molar-refractivity contribution in [1.29, 1.82) is 0 Å². The Morgan fingerprint density at radius 1 is 1.25 bits per heavy atom. The van der Waals surface area contributed by atoms with E-state index in [0.29, 0.717) is 6.42 Å². The quantitative estimate of drug-likeness (QED) is 0.918. The van der Waals surface area contributed by atoms with E-state index in [2.05, 4.69) is 5.16 Å². The summed E-state index contributed by atoms with van der Waals surface area (Å²) in [5.41, 5.74) is 1.95. The normalized spacial score (nSPS) is 38.4. The number of hydrogen-bond acceptors (Lipinski definition) is 3. The van der Waals surface area contributed by atoms with Crippen molar-refractivity contribution in [3.05, 3.63) is 17.0 Å². The molecular weight excluding hydrogens is 254 g/mol. The maximum atomic E-state index is 11.3. The lowest BCUT2D eigenvalue weighted by atomic mass is 9.48. The summed E-state index contributed by atoms with van der Waals surface area (Å²) in [6, 6.07) is 0. The summed E-state index contributed by atoms with van der Waals surface area (Å²) in [5, 5.41) is 13.5. The lowest BCUT2D eigenvalue weighted by Gasteiger charge is -2.56. The second-order valence-electron chi connectivity index (χ2n) is 7.20. The third-order valence-electron chi connectivity index (χ3n) is 5.88. The third-order valence-corrected chi connectivity index (χ3v) is 5.88. The van der Waals surface area contributed by atoms with Crippen molar-refractivity contribution >= 4 is 5.97 Å². The summed E-state index contributed by atoms with van der Waals surface area (Å²) in [4.78, 5) is 11.3. The SMILES string of the molecule is CCc1c(C23CC4CC(CC(C4)C2)C3)noc1C(=O)O. The van der Waals surface area contributed by atoms with E-state index in [9.17, 15) is 9.90 Å². The van der Waals surface area contributed by atoms with Crippen LogP contribution in [-0.2, 0) is 11.8 Å². The fraction of sp³-hybridized carbons (Fsp3) is 0.750. The molecule has 4 saturated carbocycles. The molecule has 4 heteroatoms. The topological polar surface area (TPSA) is 63.3 Å². The van der Waals surface area contributed by atoms with Gasteiger partial charge in [-0.15, -0.1) is 0 Å². The van der Waals surface area contributed by atoms with Gasteiger partial charge in [0.1, 0.15) is 0 Å². The van der Waals surface area contributed by atoms with Crippen LogP contribution in [0.3, 0.4) is 0 Å². The molecular formula is C16H21NO3. The van der Waals surface area contributed by atoms with E-state index in [4.69, 9.17) is 4.52 Å². The first-order chi connectivity index (χ1) is 9.61. The largest absolute Gasteiger partial charge is 0.475 e. The Hall–Kier alpha value is -1.32. The van der Waals surface area contributed by atoms with Crippen molar-refractivity contribution in [3.63, 3.8) is 0 Å². The molecule has 0 saturated heterocycles. The first-order valence-corrected chi connectivity index (χ1v) is 7.83. The van der Waals surface area contributed by atoms with E-state index < -0.39 is 5.97 Å². The van der Waals surface area contributed by atoms with Crippen LogP contribution in [0.1, 0.15) is 67.3 Å². The van der Waals surface area contributed by atoms with Gasteiger partial charge in [0.15, 0.2) is 0 Å². The molecule has 0 unspecified atom stereocenters. The molecule has 108 valence electrons. The Balaban J connectivity index is 1.79. The molecule has 1 N–H and O–H groups in total. The van der Waals surface area contributed by atoms with Gasteiger partial charge in [-0.05, 0) is 62.7 Å². The smallest absolute Gasteiger partial charge is 0.375 e. The first kappa shape index (κ1) is 12.4. The van der Waals surface area contributed by atoms with Crippen molar-refractivity contribution < 1.29 is 14.4 Å². The summed E-state index contributed by atoms with van der Waals surface area (Å²) in [7, 11) is 0. The molecule has 4 nitrogen and oxygen atoms in total. The molecule has 0 radical (unpaired) electrons. The van der Waals surface area contributed by atoms with Gasteiger partial charge in [-0.3, -0.25) is 0 Å². The minimum Gasteiger partial charge on any atom is -0.475 e. The molecule has 1 aromatic rings. The van der Waals surface area contributed by atoms with Crippen molar-refractivity contribution in [2.24, 2.45) is 17.8 Å². The lowest BCUT2D eigenvalue weighted by Crippen LogP contribution is -2.49. The van der Waals surface area contributed by atoms with Crippen molar-refractivity contribution in [3.8, 4) is 0 Å². The molecule has 20 heavy (non-hydrogen) atoms. The van der Waals surface area contributed by atoms with Gasteiger partial charge in [-0.25, -0.2) is 4.79 Å². The number of nitrogens with zero attached hydrogens (tertiary/aromatic N) is 1. The molecule has 0 spiro atoms. The van der Waals surface area contributed by atoms with Gasteiger partial charge in [0.2, 0.25) is 5.76 Å². The summed E-state index contributed by atoms with van der Waals surface area (Å²) < 4.78 is 5.19. The van der Waals surface area contributed by atoms with Gasteiger partial charge in [0.05, 0.1) is 5.69 Å². The van der Waals surface area contributed by atoms with Gasteiger partial charge in [-0.2, -0.15) is 0 Å². The van der Waals surface area contributed by atoms with E-state index in [1.54, 1.807) is 0 Å². The van der Waals surface area contributed by atoms with Gasteiger partial charge >= 0.3 is 5.97 Å². The van der Waals surface area contributed by atoms with Gasteiger partial charge in [0, 0.05) is 11.0 Å². The van der Waals surface area contributed by atoms with Crippen LogP contribution in [-0.4, -0.2) is 16.2 Å². The molecule has 5 rings (SSSR count). The predicted molar refractivity (Wildman–Crippen MR) is 72.7 cm³/mol. The zero-order valence-corrected chi connectivity index (χ0v) is 11.9. The Morgan fingerprint density at radius 2 is 1.80 bits per heavy atom. The van der Waals surface area contributed by atoms with Crippen molar-refractivity contribution in [1.82, 2.24) is 5.16 Å². The summed E-state index contributed by atoms with van der Waals surface area (Å²) in [6.45, 7) is 2.00. The minimum absolute atomic E-state index is 0.0678. The Kier molecular flexibility index (Phi) is 2.54. The van der Waals surface area contributed by atoms with Gasteiger partial charge in [-0.1, -0.05) is 12.1 Å². The molecule has 4 aliphatic rings. The standard InChI is InChI=1S/C16H21NO3/c1-2-12-13(15(18)19)20-17-14(12)16-6-9-3-10(7-16)5-11(4-9)8-16/h9-11H,2-8H2,1H3,(H,18,19). The van der Waals surface area contributed by atoms with Crippen LogP contribution in [0, 0.1) is 17.8 Å². The van der Waals surface area contributed by atoms with Crippen LogP contribution in [0.15, 0.2) is 4.52 Å². The first-order valence-electron chi connectivity index (χ1n) is 7.83. The molecule has 0 atom stereocenters. The second-order valence-corrected chi connectivity index (χ2v) is 7.20. The molecule has 0 amide bonds. The Labute approximate surface area is 118 Å². The predicted octanol–water partition coefficient (Wildman–Crippen LogP) is 3.40. The molecule has 4 bridgehead atoms. The van der Waals surface area contributed by atoms with Crippen molar-refractivity contribution in [2.45, 2.75) is 57.3 Å². The second kappa shape index (κ2) is 4.09. The highest BCUT2D eigenvalue weighted by molar-refractivity contribution is 5.86. The summed E-state index contributed by atoms with van der Waals surface area (Å²) >= 11 is 0. The van der Waals surface area contributed by atoms with Crippen LogP contribution >= 0.6 is 0 Å². The third kappa shape index (κ3) is 1.60. The number of carboxylic acids is 1. The molecule has 4 aliphatic carbocycles. The van der Waals surface area contributed by atoms with E-state index in [-0.39, 0.29) is 11.2 Å². The minimum atomic E-state index is -0.981.